The lowest BCUT2D eigenvalue weighted by Gasteiger charge is -2.20. The molecule has 3 aromatic heterocycles. The molecule has 0 spiro atoms. The fraction of sp³-hybridized carbons (Fsp3) is 0.375. The van der Waals surface area contributed by atoms with Crippen molar-refractivity contribution in [2.75, 3.05) is 6.54 Å². The van der Waals surface area contributed by atoms with Gasteiger partial charge in [-0.2, -0.15) is 0 Å². The summed E-state index contributed by atoms with van der Waals surface area (Å²) in [5, 5.41) is 1.06. The van der Waals surface area contributed by atoms with Gasteiger partial charge in [-0.1, -0.05) is 18.6 Å². The van der Waals surface area contributed by atoms with Crippen LogP contribution in [0.2, 0.25) is 0 Å². The molecule has 4 heterocycles. The van der Waals surface area contributed by atoms with Crippen molar-refractivity contribution in [1.82, 2.24) is 24.4 Å². The summed E-state index contributed by atoms with van der Waals surface area (Å²) in [5.41, 5.74) is 0.996. The summed E-state index contributed by atoms with van der Waals surface area (Å²) in [6.07, 6.45) is 3.87. The minimum atomic E-state index is -0.226. The number of para-hydroxylation sites is 1. The van der Waals surface area contributed by atoms with Crippen molar-refractivity contribution < 1.29 is 4.79 Å². The zero-order chi connectivity index (χ0) is 23.1. The first kappa shape index (κ1) is 21.5. The van der Waals surface area contributed by atoms with Gasteiger partial charge in [0.05, 0.1) is 27.7 Å². The molecule has 5 rings (SSSR count). The molecule has 0 aliphatic carbocycles. The predicted molar refractivity (Wildman–Crippen MR) is 129 cm³/mol. The SMILES string of the molecule is CCN(Cc1nc2ccccc2c(=O)[nH]1)C(=O)c1sc2nc3n(c(=O)c2c1C)CCCCC3. The molecule has 8 nitrogen and oxygen atoms in total. The molecule has 4 aromatic rings. The van der Waals surface area contributed by atoms with Gasteiger partial charge in [-0.05, 0) is 44.4 Å². The number of nitrogens with one attached hydrogen (secondary N) is 1. The van der Waals surface area contributed by atoms with E-state index in [1.807, 2.05) is 19.9 Å². The Morgan fingerprint density at radius 2 is 2.00 bits per heavy atom. The predicted octanol–water partition coefficient (Wildman–Crippen LogP) is 3.39. The number of nitrogens with zero attached hydrogens (tertiary/aromatic N) is 4. The molecule has 170 valence electrons. The number of rotatable bonds is 4. The molecule has 33 heavy (non-hydrogen) atoms. The number of thiophene rings is 1. The van der Waals surface area contributed by atoms with E-state index < -0.39 is 0 Å². The first-order valence-electron chi connectivity index (χ1n) is 11.3. The van der Waals surface area contributed by atoms with Crippen LogP contribution in [-0.4, -0.2) is 36.9 Å². The molecule has 0 saturated heterocycles. The monoisotopic (exact) mass is 463 g/mol. The third kappa shape index (κ3) is 3.76. The highest BCUT2D eigenvalue weighted by atomic mass is 32.1. The molecular weight excluding hydrogens is 438 g/mol. The highest BCUT2D eigenvalue weighted by molar-refractivity contribution is 7.20. The van der Waals surface area contributed by atoms with Crippen LogP contribution >= 0.6 is 11.3 Å². The fourth-order valence-electron chi connectivity index (χ4n) is 4.48. The van der Waals surface area contributed by atoms with E-state index in [-0.39, 0.29) is 23.6 Å². The molecule has 0 fully saturated rings. The molecular formula is C24H25N5O3S. The van der Waals surface area contributed by atoms with Crippen LogP contribution in [0.15, 0.2) is 33.9 Å². The summed E-state index contributed by atoms with van der Waals surface area (Å²) in [6, 6.07) is 7.13. The van der Waals surface area contributed by atoms with Gasteiger partial charge in [-0.3, -0.25) is 19.0 Å². The van der Waals surface area contributed by atoms with Crippen LogP contribution in [0.5, 0.6) is 0 Å². The van der Waals surface area contributed by atoms with Gasteiger partial charge in [0.2, 0.25) is 0 Å². The van der Waals surface area contributed by atoms with Crippen LogP contribution in [0.3, 0.4) is 0 Å². The highest BCUT2D eigenvalue weighted by Gasteiger charge is 2.25. The van der Waals surface area contributed by atoms with E-state index in [4.69, 9.17) is 4.98 Å². The first-order chi connectivity index (χ1) is 16.0. The summed E-state index contributed by atoms with van der Waals surface area (Å²) in [7, 11) is 0. The van der Waals surface area contributed by atoms with Crippen molar-refractivity contribution in [1.29, 1.82) is 0 Å². The molecule has 9 heteroatoms. The van der Waals surface area contributed by atoms with Crippen LogP contribution in [0.4, 0.5) is 0 Å². The average molecular weight is 464 g/mol. The number of hydrogen-bond acceptors (Lipinski definition) is 6. The number of aromatic nitrogens is 4. The number of H-pyrrole nitrogens is 1. The lowest BCUT2D eigenvalue weighted by atomic mass is 10.2. The van der Waals surface area contributed by atoms with Gasteiger partial charge >= 0.3 is 0 Å². The maximum absolute atomic E-state index is 13.5. The zero-order valence-corrected chi connectivity index (χ0v) is 19.5. The Hall–Kier alpha value is -3.33. The van der Waals surface area contributed by atoms with Gasteiger partial charge in [-0.15, -0.1) is 11.3 Å². The molecule has 1 aliphatic heterocycles. The lowest BCUT2D eigenvalue weighted by Crippen LogP contribution is -2.32. The second-order valence-electron chi connectivity index (χ2n) is 8.38. The average Bonchev–Trinajstić information content (AvgIpc) is 2.97. The molecule has 0 bridgehead atoms. The number of carbonyl (C=O) groups is 1. The number of aryl methyl sites for hydroxylation is 2. The van der Waals surface area contributed by atoms with Crippen molar-refractivity contribution in [3.8, 4) is 0 Å². The Labute approximate surface area is 193 Å². The van der Waals surface area contributed by atoms with Gasteiger partial charge in [0, 0.05) is 19.5 Å². The third-order valence-electron chi connectivity index (χ3n) is 6.28. The Balaban J connectivity index is 1.52. The van der Waals surface area contributed by atoms with Gasteiger partial charge in [0.25, 0.3) is 17.0 Å². The number of amides is 1. The van der Waals surface area contributed by atoms with Crippen molar-refractivity contribution in [3.05, 3.63) is 67.1 Å². The smallest absolute Gasteiger partial charge is 0.264 e. The summed E-state index contributed by atoms with van der Waals surface area (Å²) < 4.78 is 1.78. The molecule has 1 aliphatic rings. The van der Waals surface area contributed by atoms with Crippen LogP contribution < -0.4 is 11.1 Å². The summed E-state index contributed by atoms with van der Waals surface area (Å²) in [5.74, 6) is 1.06. The number of benzene rings is 1. The van der Waals surface area contributed by atoms with Crippen molar-refractivity contribution in [2.24, 2.45) is 0 Å². The Morgan fingerprint density at radius 3 is 2.82 bits per heavy atom. The van der Waals surface area contributed by atoms with Crippen molar-refractivity contribution in [3.63, 3.8) is 0 Å². The van der Waals surface area contributed by atoms with Gasteiger partial charge in [0.15, 0.2) is 0 Å². The van der Waals surface area contributed by atoms with E-state index >= 15 is 0 Å². The number of carbonyl (C=O) groups excluding carboxylic acids is 1. The van der Waals surface area contributed by atoms with Crippen molar-refractivity contribution in [2.45, 2.75) is 52.6 Å². The Bertz CT molecular complexity index is 1500. The quantitative estimate of drug-likeness (QED) is 0.500. The molecule has 1 amide bonds. The maximum atomic E-state index is 13.5. The van der Waals surface area contributed by atoms with E-state index in [2.05, 4.69) is 9.97 Å². The van der Waals surface area contributed by atoms with Crippen molar-refractivity contribution >= 4 is 38.4 Å². The fourth-order valence-corrected chi connectivity index (χ4v) is 5.63. The van der Waals surface area contributed by atoms with Gasteiger partial charge in [0.1, 0.15) is 16.5 Å². The van der Waals surface area contributed by atoms with E-state index in [9.17, 15) is 14.4 Å². The molecule has 1 N–H and O–H groups in total. The summed E-state index contributed by atoms with van der Waals surface area (Å²) in [6.45, 7) is 4.99. The van der Waals surface area contributed by atoms with Gasteiger partial charge in [-0.25, -0.2) is 9.97 Å². The highest BCUT2D eigenvalue weighted by Crippen LogP contribution is 2.29. The van der Waals surface area contributed by atoms with E-state index in [1.165, 1.54) is 11.3 Å². The standard InChI is InChI=1S/C24H25N5O3S/c1-3-28(13-17-25-16-10-7-6-9-15(16)21(30)26-17)24(32)20-14(2)19-22(33-20)27-18-11-5-4-8-12-29(18)23(19)31/h6-7,9-10H,3-5,8,11-13H2,1-2H3,(H,25,26,30). The topological polar surface area (TPSA) is 101 Å². The maximum Gasteiger partial charge on any atom is 0.264 e. The van der Waals surface area contributed by atoms with Gasteiger partial charge < -0.3 is 9.88 Å². The second-order valence-corrected chi connectivity index (χ2v) is 9.38. The summed E-state index contributed by atoms with van der Waals surface area (Å²) >= 11 is 1.28. The molecule has 0 atom stereocenters. The first-order valence-corrected chi connectivity index (χ1v) is 12.1. The molecule has 0 saturated carbocycles. The van der Waals surface area contributed by atoms with Crippen LogP contribution in [0, 0.1) is 6.92 Å². The second kappa shape index (κ2) is 8.55. The van der Waals surface area contributed by atoms with E-state index in [0.29, 0.717) is 50.5 Å². The normalized spacial score (nSPS) is 13.8. The molecule has 0 radical (unpaired) electrons. The van der Waals surface area contributed by atoms with E-state index in [1.54, 1.807) is 27.7 Å². The third-order valence-corrected chi connectivity index (χ3v) is 7.45. The van der Waals surface area contributed by atoms with Crippen LogP contribution in [-0.2, 0) is 19.5 Å². The Morgan fingerprint density at radius 1 is 1.18 bits per heavy atom. The lowest BCUT2D eigenvalue weighted by molar-refractivity contribution is 0.0753. The number of hydrogen-bond donors (Lipinski definition) is 1. The number of aromatic amines is 1. The minimum absolute atomic E-state index is 0.0479. The largest absolute Gasteiger partial charge is 0.331 e. The number of fused-ring (bicyclic) bond motifs is 3. The van der Waals surface area contributed by atoms with Crippen LogP contribution in [0.1, 0.15) is 53.1 Å². The van der Waals surface area contributed by atoms with Crippen LogP contribution in [0.25, 0.3) is 21.1 Å². The molecule has 1 aromatic carbocycles. The summed E-state index contributed by atoms with van der Waals surface area (Å²) in [4.78, 5) is 54.0. The molecule has 0 unspecified atom stereocenters. The Kier molecular flexibility index (Phi) is 5.57. The van der Waals surface area contributed by atoms with E-state index in [0.717, 1.165) is 31.5 Å². The zero-order valence-electron chi connectivity index (χ0n) is 18.7. The minimum Gasteiger partial charge on any atom is -0.331 e.